The predicted molar refractivity (Wildman–Crippen MR) is 72.8 cm³/mol. The third kappa shape index (κ3) is 2.49. The van der Waals surface area contributed by atoms with Crippen LogP contribution in [0.4, 0.5) is 0 Å². The van der Waals surface area contributed by atoms with Crippen LogP contribution < -0.4 is 0 Å². The molecule has 0 amide bonds. The van der Waals surface area contributed by atoms with Gasteiger partial charge in [-0.15, -0.1) is 11.3 Å². The van der Waals surface area contributed by atoms with Gasteiger partial charge in [0, 0.05) is 36.8 Å². The second kappa shape index (κ2) is 5.64. The molecule has 0 saturated heterocycles. The summed E-state index contributed by atoms with van der Waals surface area (Å²) in [5, 5.41) is 2.18. The zero-order valence-electron chi connectivity index (χ0n) is 9.24. The Morgan fingerprint density at radius 1 is 1.00 bits per heavy atom. The van der Waals surface area contributed by atoms with E-state index in [0.29, 0.717) is 0 Å². The molecular formula is C14H11ClHfS. The zero-order valence-corrected chi connectivity index (χ0v) is 14.4. The topological polar surface area (TPSA) is 0 Å². The van der Waals surface area contributed by atoms with Crippen LogP contribution in [0.5, 0.6) is 0 Å². The molecule has 1 heterocycles. The van der Waals surface area contributed by atoms with E-state index in [0.717, 1.165) is 17.2 Å². The molecular weight excluding hydrogens is 414 g/mol. The molecule has 0 bridgehead atoms. The molecule has 0 fully saturated rings. The summed E-state index contributed by atoms with van der Waals surface area (Å²) < 4.78 is 0.915. The Labute approximate surface area is 129 Å². The Kier molecular flexibility index (Phi) is 4.40. The Balaban J connectivity index is 0.00000108. The normalized spacial score (nSPS) is 17.0. The standard InChI is InChI=1S/C14H11ClS.Hf/c15-14-13(11-7-3-4-8-11)12(9-16-14)10-5-1-2-6-10;/h1-5,7,9H,6,8H2;. The Hall–Kier alpha value is -0.180. The van der Waals surface area contributed by atoms with Gasteiger partial charge in [-0.1, -0.05) is 48.1 Å². The van der Waals surface area contributed by atoms with Crippen LogP contribution >= 0.6 is 22.9 Å². The van der Waals surface area contributed by atoms with Crippen LogP contribution in [0, 0.1) is 0 Å². The fourth-order valence-electron chi connectivity index (χ4n) is 2.15. The largest absolute Gasteiger partial charge is 0.131 e. The van der Waals surface area contributed by atoms with Crippen LogP contribution in [-0.2, 0) is 25.8 Å². The van der Waals surface area contributed by atoms with Gasteiger partial charge >= 0.3 is 0 Å². The number of hydrogen-bond acceptors (Lipinski definition) is 1. The van der Waals surface area contributed by atoms with E-state index in [1.54, 1.807) is 11.3 Å². The van der Waals surface area contributed by atoms with Gasteiger partial charge in [0.15, 0.2) is 0 Å². The van der Waals surface area contributed by atoms with Crippen LogP contribution in [0.15, 0.2) is 41.8 Å². The molecule has 17 heavy (non-hydrogen) atoms. The molecule has 0 N–H and O–H groups in total. The summed E-state index contributed by atoms with van der Waals surface area (Å²) in [4.78, 5) is 0. The van der Waals surface area contributed by atoms with Gasteiger partial charge in [-0.3, -0.25) is 0 Å². The first-order valence-corrected chi connectivity index (χ1v) is 6.61. The number of thiophene rings is 1. The van der Waals surface area contributed by atoms with Crippen molar-refractivity contribution in [3.63, 3.8) is 0 Å². The van der Waals surface area contributed by atoms with E-state index in [-0.39, 0.29) is 25.8 Å². The molecule has 1 aromatic heterocycles. The molecule has 3 rings (SSSR count). The molecule has 2 aliphatic rings. The van der Waals surface area contributed by atoms with E-state index < -0.39 is 0 Å². The zero-order chi connectivity index (χ0) is 11.0. The summed E-state index contributed by atoms with van der Waals surface area (Å²) in [7, 11) is 0. The van der Waals surface area contributed by atoms with Gasteiger partial charge in [-0.25, -0.2) is 0 Å². The minimum absolute atomic E-state index is 0. The van der Waals surface area contributed by atoms with E-state index >= 15 is 0 Å². The second-order valence-corrected chi connectivity index (χ2v) is 5.43. The van der Waals surface area contributed by atoms with Crippen LogP contribution in [0.25, 0.3) is 11.1 Å². The number of halogens is 1. The maximum atomic E-state index is 6.31. The predicted octanol–water partition coefficient (Wildman–Crippen LogP) is 5.09. The summed E-state index contributed by atoms with van der Waals surface area (Å²) in [6.07, 6.45) is 15.0. The summed E-state index contributed by atoms with van der Waals surface area (Å²) in [5.41, 5.74) is 5.28. The molecule has 0 radical (unpaired) electrons. The first kappa shape index (κ1) is 13.3. The van der Waals surface area contributed by atoms with Crippen molar-refractivity contribution < 1.29 is 25.8 Å². The maximum Gasteiger partial charge on any atom is 0.101 e. The van der Waals surface area contributed by atoms with Crippen molar-refractivity contribution in [1.82, 2.24) is 0 Å². The van der Waals surface area contributed by atoms with Gasteiger partial charge in [0.1, 0.15) is 4.34 Å². The minimum atomic E-state index is 0. The fourth-order valence-corrected chi connectivity index (χ4v) is 3.36. The first-order valence-electron chi connectivity index (χ1n) is 5.35. The molecule has 0 aromatic carbocycles. The van der Waals surface area contributed by atoms with Crippen LogP contribution in [-0.4, -0.2) is 0 Å². The van der Waals surface area contributed by atoms with Crippen molar-refractivity contribution in [2.45, 2.75) is 12.8 Å². The number of hydrogen-bond donors (Lipinski definition) is 0. The van der Waals surface area contributed by atoms with E-state index in [9.17, 15) is 0 Å². The van der Waals surface area contributed by atoms with E-state index in [4.69, 9.17) is 11.6 Å². The quantitative estimate of drug-likeness (QED) is 0.580. The third-order valence-corrected chi connectivity index (χ3v) is 4.18. The van der Waals surface area contributed by atoms with Gasteiger partial charge < -0.3 is 0 Å². The number of rotatable bonds is 2. The smallest absolute Gasteiger partial charge is 0.101 e. The molecule has 0 aliphatic heterocycles. The van der Waals surface area contributed by atoms with Gasteiger partial charge in [0.05, 0.1) is 0 Å². The van der Waals surface area contributed by atoms with Crippen molar-refractivity contribution in [3.05, 3.63) is 57.3 Å². The number of allylic oxidation sites excluding steroid dienone is 8. The van der Waals surface area contributed by atoms with E-state index in [1.807, 2.05) is 0 Å². The molecule has 1 aromatic rings. The summed E-state index contributed by atoms with van der Waals surface area (Å²) in [6, 6.07) is 0. The van der Waals surface area contributed by atoms with Crippen LogP contribution in [0.1, 0.15) is 24.0 Å². The van der Waals surface area contributed by atoms with Gasteiger partial charge in [-0.05, 0) is 29.6 Å². The van der Waals surface area contributed by atoms with Crippen LogP contribution in [0.3, 0.4) is 0 Å². The van der Waals surface area contributed by atoms with Crippen molar-refractivity contribution in [2.75, 3.05) is 0 Å². The average Bonchev–Trinajstić information content (AvgIpc) is 2.96. The van der Waals surface area contributed by atoms with Gasteiger partial charge in [-0.2, -0.15) is 0 Å². The third-order valence-electron chi connectivity index (χ3n) is 2.96. The molecule has 0 saturated carbocycles. The minimum Gasteiger partial charge on any atom is -0.131 e. The van der Waals surface area contributed by atoms with Crippen molar-refractivity contribution in [1.29, 1.82) is 0 Å². The molecule has 0 nitrogen and oxygen atoms in total. The van der Waals surface area contributed by atoms with Crippen molar-refractivity contribution in [2.24, 2.45) is 0 Å². The van der Waals surface area contributed by atoms with Gasteiger partial charge in [0.2, 0.25) is 0 Å². The van der Waals surface area contributed by atoms with Gasteiger partial charge in [0.25, 0.3) is 0 Å². The molecule has 84 valence electrons. The maximum absolute atomic E-state index is 6.31. The monoisotopic (exact) mass is 426 g/mol. The second-order valence-electron chi connectivity index (χ2n) is 3.95. The fraction of sp³-hybridized carbons (Fsp3) is 0.143. The summed E-state index contributed by atoms with van der Waals surface area (Å²) in [6.45, 7) is 0. The van der Waals surface area contributed by atoms with Crippen molar-refractivity contribution in [3.8, 4) is 0 Å². The van der Waals surface area contributed by atoms with E-state index in [2.05, 4.69) is 41.8 Å². The molecule has 2 aliphatic carbocycles. The Bertz CT molecular complexity index is 547. The Morgan fingerprint density at radius 3 is 2.24 bits per heavy atom. The SMILES string of the molecule is Clc1scc(C2=CC=CC2)c1C1=CC=CC1.[Hf]. The average molecular weight is 425 g/mol. The molecule has 0 atom stereocenters. The van der Waals surface area contributed by atoms with Crippen LogP contribution in [0.2, 0.25) is 4.34 Å². The molecule has 0 spiro atoms. The first-order chi connectivity index (χ1) is 7.86. The summed E-state index contributed by atoms with van der Waals surface area (Å²) in [5.74, 6) is 0. The Morgan fingerprint density at radius 2 is 1.65 bits per heavy atom. The van der Waals surface area contributed by atoms with Crippen molar-refractivity contribution >= 4 is 34.1 Å². The summed E-state index contributed by atoms with van der Waals surface area (Å²) >= 11 is 7.94. The van der Waals surface area contributed by atoms with E-state index in [1.165, 1.54) is 22.3 Å². The molecule has 3 heteroatoms. The molecule has 0 unspecified atom stereocenters.